The van der Waals surface area contributed by atoms with Gasteiger partial charge in [0.05, 0.1) is 12.7 Å². The SMILES string of the molecule is FC1COC(C2CCCCC2)C1. The van der Waals surface area contributed by atoms with Gasteiger partial charge in [-0.15, -0.1) is 0 Å². The molecule has 2 heteroatoms. The van der Waals surface area contributed by atoms with Crippen LogP contribution in [0.4, 0.5) is 4.39 Å². The molecule has 1 nitrogen and oxygen atoms in total. The van der Waals surface area contributed by atoms with E-state index in [2.05, 4.69) is 0 Å². The van der Waals surface area contributed by atoms with Crippen LogP contribution >= 0.6 is 0 Å². The van der Waals surface area contributed by atoms with Crippen LogP contribution in [0.25, 0.3) is 0 Å². The fourth-order valence-electron chi connectivity index (χ4n) is 2.45. The van der Waals surface area contributed by atoms with Gasteiger partial charge in [0.2, 0.25) is 0 Å². The first kappa shape index (κ1) is 8.49. The Morgan fingerprint density at radius 2 is 1.83 bits per heavy atom. The summed E-state index contributed by atoms with van der Waals surface area (Å²) in [5.41, 5.74) is 0. The Kier molecular flexibility index (Phi) is 2.64. The van der Waals surface area contributed by atoms with Crippen LogP contribution < -0.4 is 0 Å². The average Bonchev–Trinajstić information content (AvgIpc) is 2.54. The number of alkyl halides is 1. The van der Waals surface area contributed by atoms with Gasteiger partial charge in [-0.3, -0.25) is 0 Å². The Morgan fingerprint density at radius 1 is 1.08 bits per heavy atom. The van der Waals surface area contributed by atoms with Gasteiger partial charge in [0.15, 0.2) is 0 Å². The van der Waals surface area contributed by atoms with Crippen LogP contribution in [0.1, 0.15) is 38.5 Å². The molecule has 0 bridgehead atoms. The minimum atomic E-state index is -0.683. The van der Waals surface area contributed by atoms with Crippen LogP contribution in [0.5, 0.6) is 0 Å². The van der Waals surface area contributed by atoms with Crippen LogP contribution in [0.3, 0.4) is 0 Å². The quantitative estimate of drug-likeness (QED) is 0.591. The molecule has 2 unspecified atom stereocenters. The maximum atomic E-state index is 12.8. The summed E-state index contributed by atoms with van der Waals surface area (Å²) in [7, 11) is 0. The molecule has 1 aliphatic heterocycles. The molecule has 0 N–H and O–H groups in total. The van der Waals surface area contributed by atoms with Crippen molar-refractivity contribution < 1.29 is 9.13 Å². The summed E-state index contributed by atoms with van der Waals surface area (Å²) in [6.45, 7) is 0.348. The summed E-state index contributed by atoms with van der Waals surface area (Å²) in [6.07, 6.45) is 6.75. The zero-order valence-corrected chi connectivity index (χ0v) is 7.47. The summed E-state index contributed by atoms with van der Waals surface area (Å²) >= 11 is 0. The van der Waals surface area contributed by atoms with Gasteiger partial charge in [0.1, 0.15) is 6.17 Å². The fourth-order valence-corrected chi connectivity index (χ4v) is 2.45. The van der Waals surface area contributed by atoms with Crippen LogP contribution in [-0.2, 0) is 4.74 Å². The maximum absolute atomic E-state index is 12.8. The van der Waals surface area contributed by atoms with E-state index in [0.29, 0.717) is 18.9 Å². The van der Waals surface area contributed by atoms with E-state index >= 15 is 0 Å². The predicted octanol–water partition coefficient (Wildman–Crippen LogP) is 2.69. The Labute approximate surface area is 73.3 Å². The van der Waals surface area contributed by atoms with Crippen molar-refractivity contribution in [2.45, 2.75) is 50.8 Å². The Morgan fingerprint density at radius 3 is 2.42 bits per heavy atom. The van der Waals surface area contributed by atoms with E-state index in [-0.39, 0.29) is 6.10 Å². The van der Waals surface area contributed by atoms with Crippen molar-refractivity contribution >= 4 is 0 Å². The molecule has 2 fully saturated rings. The van der Waals surface area contributed by atoms with E-state index in [4.69, 9.17) is 4.74 Å². The minimum Gasteiger partial charge on any atom is -0.375 e. The highest BCUT2D eigenvalue weighted by atomic mass is 19.1. The van der Waals surface area contributed by atoms with Crippen LogP contribution in [0.15, 0.2) is 0 Å². The van der Waals surface area contributed by atoms with Gasteiger partial charge in [-0.1, -0.05) is 19.3 Å². The van der Waals surface area contributed by atoms with E-state index in [1.165, 1.54) is 32.1 Å². The predicted molar refractivity (Wildman–Crippen MR) is 45.8 cm³/mol. The van der Waals surface area contributed by atoms with Crippen LogP contribution in [0, 0.1) is 5.92 Å². The molecular weight excluding hydrogens is 155 g/mol. The smallest absolute Gasteiger partial charge is 0.126 e. The van der Waals surface area contributed by atoms with E-state index in [0.717, 1.165) is 0 Å². The first-order chi connectivity index (χ1) is 5.86. The van der Waals surface area contributed by atoms with Crippen molar-refractivity contribution in [3.05, 3.63) is 0 Å². The number of halogens is 1. The topological polar surface area (TPSA) is 9.23 Å². The van der Waals surface area contributed by atoms with Crippen molar-refractivity contribution in [1.82, 2.24) is 0 Å². The third kappa shape index (κ3) is 1.79. The van der Waals surface area contributed by atoms with E-state index in [1.807, 2.05) is 0 Å². The second kappa shape index (κ2) is 3.73. The summed E-state index contributed by atoms with van der Waals surface area (Å²) < 4.78 is 18.2. The Balaban J connectivity index is 1.83. The number of hydrogen-bond acceptors (Lipinski definition) is 1. The molecule has 1 saturated heterocycles. The van der Waals surface area contributed by atoms with Crippen molar-refractivity contribution in [2.75, 3.05) is 6.61 Å². The van der Waals surface area contributed by atoms with Crippen LogP contribution in [0.2, 0.25) is 0 Å². The van der Waals surface area contributed by atoms with Gasteiger partial charge in [0.25, 0.3) is 0 Å². The second-order valence-corrected chi connectivity index (χ2v) is 4.10. The lowest BCUT2D eigenvalue weighted by Gasteiger charge is -2.26. The van der Waals surface area contributed by atoms with E-state index < -0.39 is 6.17 Å². The van der Waals surface area contributed by atoms with Gasteiger partial charge in [-0.25, -0.2) is 4.39 Å². The third-order valence-electron chi connectivity index (χ3n) is 3.15. The zero-order valence-electron chi connectivity index (χ0n) is 7.47. The molecule has 0 amide bonds. The van der Waals surface area contributed by atoms with Crippen molar-refractivity contribution in [3.8, 4) is 0 Å². The molecule has 0 aromatic carbocycles. The molecular formula is C10H17FO. The molecule has 2 aliphatic rings. The van der Waals surface area contributed by atoms with Crippen molar-refractivity contribution in [2.24, 2.45) is 5.92 Å². The highest BCUT2D eigenvalue weighted by molar-refractivity contribution is 4.81. The summed E-state index contributed by atoms with van der Waals surface area (Å²) in [6, 6.07) is 0. The van der Waals surface area contributed by atoms with Gasteiger partial charge >= 0.3 is 0 Å². The third-order valence-corrected chi connectivity index (χ3v) is 3.15. The molecule has 2 atom stereocenters. The number of rotatable bonds is 1. The summed E-state index contributed by atoms with van der Waals surface area (Å²) in [5.74, 6) is 0.666. The average molecular weight is 172 g/mol. The standard InChI is InChI=1S/C10H17FO/c11-9-6-10(12-7-9)8-4-2-1-3-5-8/h8-10H,1-7H2. The molecule has 12 heavy (non-hydrogen) atoms. The van der Waals surface area contributed by atoms with Crippen LogP contribution in [-0.4, -0.2) is 18.9 Å². The second-order valence-electron chi connectivity index (χ2n) is 4.10. The highest BCUT2D eigenvalue weighted by Gasteiger charge is 2.32. The zero-order chi connectivity index (χ0) is 8.39. The minimum absolute atomic E-state index is 0.250. The molecule has 0 aromatic rings. The molecule has 1 heterocycles. The first-order valence-electron chi connectivity index (χ1n) is 5.12. The van der Waals surface area contributed by atoms with Gasteiger partial charge < -0.3 is 4.74 Å². The summed E-state index contributed by atoms with van der Waals surface area (Å²) in [4.78, 5) is 0. The van der Waals surface area contributed by atoms with Crippen molar-refractivity contribution in [3.63, 3.8) is 0 Å². The van der Waals surface area contributed by atoms with E-state index in [1.54, 1.807) is 0 Å². The Bertz CT molecular complexity index is 140. The molecule has 1 saturated carbocycles. The lowest BCUT2D eigenvalue weighted by atomic mass is 9.84. The van der Waals surface area contributed by atoms with Gasteiger partial charge in [0, 0.05) is 6.42 Å². The largest absolute Gasteiger partial charge is 0.375 e. The lowest BCUT2D eigenvalue weighted by molar-refractivity contribution is 0.0451. The van der Waals surface area contributed by atoms with Gasteiger partial charge in [-0.2, -0.15) is 0 Å². The summed E-state index contributed by atoms with van der Waals surface area (Å²) in [5, 5.41) is 0. The molecule has 0 radical (unpaired) electrons. The fraction of sp³-hybridized carbons (Fsp3) is 1.00. The highest BCUT2D eigenvalue weighted by Crippen LogP contribution is 2.33. The molecule has 70 valence electrons. The molecule has 2 rings (SSSR count). The number of ether oxygens (including phenoxy) is 1. The normalized spacial score (nSPS) is 38.8. The van der Waals surface area contributed by atoms with Crippen molar-refractivity contribution in [1.29, 1.82) is 0 Å². The lowest BCUT2D eigenvalue weighted by Crippen LogP contribution is -2.22. The monoisotopic (exact) mass is 172 g/mol. The van der Waals surface area contributed by atoms with Gasteiger partial charge in [-0.05, 0) is 18.8 Å². The molecule has 0 spiro atoms. The molecule has 0 aromatic heterocycles. The number of hydrogen-bond donors (Lipinski definition) is 0. The Hall–Kier alpha value is -0.110. The molecule has 1 aliphatic carbocycles. The van der Waals surface area contributed by atoms with E-state index in [9.17, 15) is 4.39 Å². The maximum Gasteiger partial charge on any atom is 0.126 e. The first-order valence-corrected chi connectivity index (χ1v) is 5.12.